The van der Waals surface area contributed by atoms with Crippen LogP contribution in [0.3, 0.4) is 0 Å². The van der Waals surface area contributed by atoms with Crippen molar-refractivity contribution in [2.24, 2.45) is 0 Å². The topological polar surface area (TPSA) is 46.6 Å². The number of hydrogen-bond acceptors (Lipinski definition) is 4. The molecule has 0 saturated carbocycles. The maximum Gasteiger partial charge on any atom is 0.161 e. The molecule has 0 aromatic heterocycles. The molecule has 6 heteroatoms. The summed E-state index contributed by atoms with van der Waals surface area (Å²) < 4.78 is 7.76. The van der Waals surface area contributed by atoms with Gasteiger partial charge in [0.05, 0.1) is 8.95 Å². The number of halogens is 2. The number of hydrogen-bond donors (Lipinski definition) is 0. The number of aryl methyl sites for hydroxylation is 1. The van der Waals surface area contributed by atoms with Crippen molar-refractivity contribution < 1.29 is 14.3 Å². The molecule has 2 aromatic carbocycles. The number of ether oxygens (including phenoxy) is 1. The Morgan fingerprint density at radius 3 is 1.94 bits per heavy atom. The van der Waals surface area contributed by atoms with Gasteiger partial charge in [-0.25, -0.2) is 0 Å². The van der Waals surface area contributed by atoms with Crippen LogP contribution in [0.25, 0.3) is 0 Å². The summed E-state index contributed by atoms with van der Waals surface area (Å²) in [6.45, 7) is 2.52. The zero-order valence-electron chi connectivity index (χ0n) is 19.4. The smallest absolute Gasteiger partial charge is 0.161 e. The largest absolute Gasteiger partial charge is 0.487 e. The van der Waals surface area contributed by atoms with E-state index in [0.717, 1.165) is 68.3 Å². The van der Waals surface area contributed by atoms with Crippen molar-refractivity contribution in [3.8, 4) is 5.75 Å². The zero-order valence-corrected chi connectivity index (χ0v) is 22.6. The first-order valence-electron chi connectivity index (χ1n) is 11.8. The molecule has 0 N–H and O–H groups in total. The molecule has 0 atom stereocenters. The quantitative estimate of drug-likeness (QED) is 0.383. The molecule has 0 amide bonds. The molecule has 4 nitrogen and oxygen atoms in total. The van der Waals surface area contributed by atoms with Crippen LogP contribution in [0.2, 0.25) is 0 Å². The Hall–Kier alpha value is -2.18. The molecule has 0 radical (unpaired) electrons. The van der Waals surface area contributed by atoms with Crippen LogP contribution in [0.5, 0.6) is 5.75 Å². The van der Waals surface area contributed by atoms with Crippen molar-refractivity contribution in [3.63, 3.8) is 0 Å². The van der Waals surface area contributed by atoms with E-state index < -0.39 is 0 Å². The van der Waals surface area contributed by atoms with E-state index in [0.29, 0.717) is 25.2 Å². The number of carbonyl (C=O) groups is 2. The fourth-order valence-electron chi connectivity index (χ4n) is 5.41. The first kappa shape index (κ1) is 23.6. The summed E-state index contributed by atoms with van der Waals surface area (Å²) in [5.41, 5.74) is 7.02. The van der Waals surface area contributed by atoms with E-state index in [4.69, 9.17) is 4.74 Å². The highest BCUT2D eigenvalue weighted by molar-refractivity contribution is 9.11. The monoisotopic (exact) mass is 583 g/mol. The Bertz CT molecular complexity index is 1180. The summed E-state index contributed by atoms with van der Waals surface area (Å²) >= 11 is 7.40. The number of benzene rings is 2. The van der Waals surface area contributed by atoms with E-state index in [-0.39, 0.29) is 17.5 Å². The van der Waals surface area contributed by atoms with E-state index in [9.17, 15) is 9.59 Å². The molecular weight excluding hydrogens is 558 g/mol. The van der Waals surface area contributed by atoms with Crippen LogP contribution in [-0.2, 0) is 16.2 Å². The molecule has 1 heterocycles. The van der Waals surface area contributed by atoms with Gasteiger partial charge in [0, 0.05) is 48.3 Å². The van der Waals surface area contributed by atoms with Gasteiger partial charge in [-0.1, -0.05) is 29.8 Å². The summed E-state index contributed by atoms with van der Waals surface area (Å²) in [5, 5.41) is 0. The van der Waals surface area contributed by atoms with Gasteiger partial charge >= 0.3 is 0 Å². The van der Waals surface area contributed by atoms with Crippen molar-refractivity contribution in [3.05, 3.63) is 84.6 Å². The second kappa shape index (κ2) is 9.46. The SMILES string of the molecule is Cc1ccc(COc2c(Br)cc(C3C4=C(CCCC4=O)N(C)C4=C3C(=O)CCC4)cc2Br)cc1. The third-order valence-corrected chi connectivity index (χ3v) is 8.28. The number of ketones is 2. The predicted molar refractivity (Wildman–Crippen MR) is 140 cm³/mol. The van der Waals surface area contributed by atoms with E-state index in [1.54, 1.807) is 0 Å². The lowest BCUT2D eigenvalue weighted by Crippen LogP contribution is -2.37. The number of nitrogens with zero attached hydrogens (tertiary/aromatic N) is 1. The molecule has 0 unspecified atom stereocenters. The molecule has 0 saturated heterocycles. The Labute approximate surface area is 217 Å². The van der Waals surface area contributed by atoms with E-state index >= 15 is 0 Å². The Balaban J connectivity index is 1.55. The van der Waals surface area contributed by atoms with Crippen LogP contribution >= 0.6 is 31.9 Å². The van der Waals surface area contributed by atoms with Gasteiger partial charge in [0.25, 0.3) is 0 Å². The summed E-state index contributed by atoms with van der Waals surface area (Å²) in [6, 6.07) is 12.3. The zero-order chi connectivity index (χ0) is 24.0. The molecule has 2 aromatic rings. The Morgan fingerprint density at radius 2 is 1.41 bits per heavy atom. The molecule has 176 valence electrons. The summed E-state index contributed by atoms with van der Waals surface area (Å²) in [6.07, 6.45) is 4.56. The molecule has 34 heavy (non-hydrogen) atoms. The normalized spacial score (nSPS) is 18.9. The minimum Gasteiger partial charge on any atom is -0.487 e. The van der Waals surface area contributed by atoms with Crippen LogP contribution in [0.15, 0.2) is 67.9 Å². The average Bonchev–Trinajstić information content (AvgIpc) is 2.81. The van der Waals surface area contributed by atoms with Crippen molar-refractivity contribution in [2.45, 2.75) is 58.0 Å². The van der Waals surface area contributed by atoms with E-state index in [2.05, 4.69) is 67.9 Å². The predicted octanol–water partition coefficient (Wildman–Crippen LogP) is 7.14. The molecule has 2 aliphatic carbocycles. The van der Waals surface area contributed by atoms with Crippen molar-refractivity contribution in [2.75, 3.05) is 7.05 Å². The van der Waals surface area contributed by atoms with Gasteiger partial charge in [-0.15, -0.1) is 0 Å². The fraction of sp³-hybridized carbons (Fsp3) is 0.357. The van der Waals surface area contributed by atoms with Gasteiger partial charge in [0.2, 0.25) is 0 Å². The fourth-order valence-corrected chi connectivity index (χ4v) is 6.86. The third-order valence-electron chi connectivity index (χ3n) is 7.10. The van der Waals surface area contributed by atoms with Crippen molar-refractivity contribution in [1.82, 2.24) is 4.90 Å². The summed E-state index contributed by atoms with van der Waals surface area (Å²) in [7, 11) is 2.02. The highest BCUT2D eigenvalue weighted by Crippen LogP contribution is 2.50. The molecule has 1 aliphatic heterocycles. The van der Waals surface area contributed by atoms with Crippen LogP contribution in [0.1, 0.15) is 61.1 Å². The maximum atomic E-state index is 13.2. The minimum atomic E-state index is -0.319. The third kappa shape index (κ3) is 4.20. The molecule has 0 spiro atoms. The van der Waals surface area contributed by atoms with Crippen molar-refractivity contribution >= 4 is 43.4 Å². The molecule has 0 bridgehead atoms. The number of Topliss-reactive ketones (excluding diaryl/α,β-unsaturated/α-hetero) is 2. The lowest BCUT2D eigenvalue weighted by molar-refractivity contribution is -0.117. The van der Waals surface area contributed by atoms with Crippen molar-refractivity contribution in [1.29, 1.82) is 0 Å². The van der Waals surface area contributed by atoms with Crippen LogP contribution in [0.4, 0.5) is 0 Å². The second-order valence-electron chi connectivity index (χ2n) is 9.35. The van der Waals surface area contributed by atoms with Crippen LogP contribution in [0, 0.1) is 6.92 Å². The lowest BCUT2D eigenvalue weighted by atomic mass is 9.71. The first-order valence-corrected chi connectivity index (χ1v) is 13.4. The molecule has 3 aliphatic rings. The van der Waals surface area contributed by atoms with Gasteiger partial charge in [-0.05, 0) is 87.7 Å². The highest BCUT2D eigenvalue weighted by atomic mass is 79.9. The molecule has 5 rings (SSSR count). The van der Waals surface area contributed by atoms with Crippen LogP contribution in [-0.4, -0.2) is 23.5 Å². The number of carbonyl (C=O) groups excluding carboxylic acids is 2. The Morgan fingerprint density at radius 1 is 0.882 bits per heavy atom. The van der Waals surface area contributed by atoms with Gasteiger partial charge < -0.3 is 9.64 Å². The van der Waals surface area contributed by atoms with Gasteiger partial charge in [-0.3, -0.25) is 9.59 Å². The number of allylic oxidation sites excluding steroid dienone is 4. The van der Waals surface area contributed by atoms with E-state index in [1.807, 2.05) is 19.2 Å². The van der Waals surface area contributed by atoms with E-state index in [1.165, 1.54) is 5.56 Å². The second-order valence-corrected chi connectivity index (χ2v) is 11.1. The lowest BCUT2D eigenvalue weighted by Gasteiger charge is -2.42. The molecule has 0 fully saturated rings. The maximum absolute atomic E-state index is 13.2. The van der Waals surface area contributed by atoms with Gasteiger partial charge in [0.15, 0.2) is 11.6 Å². The molecular formula is C28H27Br2NO3. The van der Waals surface area contributed by atoms with Gasteiger partial charge in [0.1, 0.15) is 12.4 Å². The van der Waals surface area contributed by atoms with Gasteiger partial charge in [-0.2, -0.15) is 0 Å². The standard InChI is InChI=1S/C28H27Br2NO3/c1-16-9-11-17(12-10-16)15-34-28-19(29)13-18(14-20(28)30)25-26-21(5-3-7-23(26)32)31(2)22-6-4-8-24(33)27(22)25/h9-14,25H,3-8,15H2,1-2H3. The van der Waals surface area contributed by atoms with Crippen LogP contribution < -0.4 is 4.74 Å². The minimum absolute atomic E-state index is 0.162. The Kier molecular flexibility index (Phi) is 6.56. The summed E-state index contributed by atoms with van der Waals surface area (Å²) in [4.78, 5) is 28.5. The highest BCUT2D eigenvalue weighted by Gasteiger charge is 2.42. The average molecular weight is 585 g/mol. The summed E-state index contributed by atoms with van der Waals surface area (Å²) in [5.74, 6) is 0.719. The number of rotatable bonds is 4. The first-order chi connectivity index (χ1) is 16.3.